The first-order valence-corrected chi connectivity index (χ1v) is 6.21. The molecule has 0 saturated heterocycles. The van der Waals surface area contributed by atoms with Crippen molar-refractivity contribution in [2.75, 3.05) is 0 Å². The molecule has 1 heterocycles. The molecule has 1 aliphatic heterocycles. The Labute approximate surface area is 103 Å². The van der Waals surface area contributed by atoms with E-state index in [2.05, 4.69) is 0 Å². The highest BCUT2D eigenvalue weighted by atomic mass is 19.3. The van der Waals surface area contributed by atoms with Crippen LogP contribution in [0.15, 0.2) is 18.2 Å². The molecule has 1 unspecified atom stereocenters. The summed E-state index contributed by atoms with van der Waals surface area (Å²) in [6, 6.07) is 5.53. The van der Waals surface area contributed by atoms with Crippen molar-refractivity contribution < 1.29 is 13.5 Å². The molecule has 1 aromatic rings. The minimum Gasteiger partial charge on any atom is -0.484 e. The van der Waals surface area contributed by atoms with Gasteiger partial charge in [0, 0.05) is 6.42 Å². The first-order valence-electron chi connectivity index (χ1n) is 6.21. The van der Waals surface area contributed by atoms with Gasteiger partial charge in [0.25, 0.3) is 6.43 Å². The van der Waals surface area contributed by atoms with Gasteiger partial charge in [0.1, 0.15) is 5.75 Å². The van der Waals surface area contributed by atoms with Crippen molar-refractivity contribution in [3.63, 3.8) is 0 Å². The van der Waals surface area contributed by atoms with Gasteiger partial charge in [-0.05, 0) is 18.6 Å². The van der Waals surface area contributed by atoms with E-state index in [4.69, 9.17) is 4.74 Å². The third-order valence-electron chi connectivity index (χ3n) is 2.20. The molecule has 0 spiro atoms. The summed E-state index contributed by atoms with van der Waals surface area (Å²) in [7, 11) is 0. The van der Waals surface area contributed by atoms with Crippen molar-refractivity contribution >= 4 is 0 Å². The molecule has 1 aromatic carbocycles. The Kier molecular flexibility index (Phi) is 7.51. The highest BCUT2D eigenvalue weighted by Gasteiger charge is 2.30. The monoisotopic (exact) mass is 244 g/mol. The first kappa shape index (κ1) is 15.9. The van der Waals surface area contributed by atoms with Crippen LogP contribution in [-0.2, 0) is 6.42 Å². The van der Waals surface area contributed by atoms with Crippen LogP contribution in [0.2, 0.25) is 0 Å². The van der Waals surface area contributed by atoms with Crippen molar-refractivity contribution in [3.05, 3.63) is 29.3 Å². The number of hydrogen-bond acceptors (Lipinski definition) is 1. The summed E-state index contributed by atoms with van der Waals surface area (Å²) in [6.07, 6.45) is -3.01. The van der Waals surface area contributed by atoms with Gasteiger partial charge < -0.3 is 4.74 Å². The van der Waals surface area contributed by atoms with Crippen molar-refractivity contribution in [3.8, 4) is 5.75 Å². The van der Waals surface area contributed by atoms with Gasteiger partial charge in [-0.1, -0.05) is 45.4 Å². The van der Waals surface area contributed by atoms with Crippen LogP contribution in [0.4, 0.5) is 8.78 Å². The maximum atomic E-state index is 12.3. The number of fused-ring (bicyclic) bond motifs is 1. The van der Waals surface area contributed by atoms with Gasteiger partial charge in [0.15, 0.2) is 6.10 Å². The van der Waals surface area contributed by atoms with Crippen LogP contribution in [0.25, 0.3) is 0 Å². The lowest BCUT2D eigenvalue weighted by atomic mass is 10.1. The first-order chi connectivity index (χ1) is 8.16. The van der Waals surface area contributed by atoms with Crippen molar-refractivity contribution in [2.45, 2.75) is 53.6 Å². The Balaban J connectivity index is 0.000000581. The zero-order chi connectivity index (χ0) is 13.4. The molecule has 0 N–H and O–H groups in total. The smallest absolute Gasteiger partial charge is 0.275 e. The van der Waals surface area contributed by atoms with Crippen molar-refractivity contribution in [1.29, 1.82) is 0 Å². The van der Waals surface area contributed by atoms with Gasteiger partial charge in [-0.3, -0.25) is 0 Å². The summed E-state index contributed by atoms with van der Waals surface area (Å²) in [6.45, 7) is 9.94. The number of alkyl halides is 2. The maximum absolute atomic E-state index is 12.3. The maximum Gasteiger partial charge on any atom is 0.275 e. The van der Waals surface area contributed by atoms with Crippen LogP contribution < -0.4 is 4.74 Å². The van der Waals surface area contributed by atoms with E-state index in [1.807, 2.05) is 46.8 Å². The normalized spacial score (nSPS) is 16.1. The number of halogens is 2. The molecule has 1 atom stereocenters. The largest absolute Gasteiger partial charge is 0.484 e. The Morgan fingerprint density at radius 3 is 2.29 bits per heavy atom. The molecule has 3 heteroatoms. The molecule has 1 aliphatic rings. The molecule has 0 saturated carbocycles. The van der Waals surface area contributed by atoms with Crippen LogP contribution in [0.1, 0.15) is 38.8 Å². The van der Waals surface area contributed by atoms with Crippen LogP contribution in [0, 0.1) is 6.92 Å². The lowest BCUT2D eigenvalue weighted by Gasteiger charge is -2.07. The second-order valence-electron chi connectivity index (χ2n) is 3.31. The fraction of sp³-hybridized carbons (Fsp3) is 0.571. The predicted molar refractivity (Wildman–Crippen MR) is 68.0 cm³/mol. The molecular formula is C14H22F2O. The number of aryl methyl sites for hydroxylation is 1. The third-order valence-corrected chi connectivity index (χ3v) is 2.20. The van der Waals surface area contributed by atoms with E-state index < -0.39 is 12.5 Å². The fourth-order valence-electron chi connectivity index (χ4n) is 1.54. The molecule has 0 aromatic heterocycles. The van der Waals surface area contributed by atoms with Gasteiger partial charge in [-0.15, -0.1) is 0 Å². The van der Waals surface area contributed by atoms with Crippen LogP contribution >= 0.6 is 0 Å². The van der Waals surface area contributed by atoms with Gasteiger partial charge in [-0.2, -0.15) is 0 Å². The SMILES string of the molecule is CC.CC.Cc1ccc2c(c1)CC(C(F)F)O2. The van der Waals surface area contributed by atoms with E-state index >= 15 is 0 Å². The molecule has 98 valence electrons. The minimum atomic E-state index is -2.40. The number of ether oxygens (including phenoxy) is 1. The standard InChI is InChI=1S/C10H10F2O.2C2H6/c1-6-2-3-8-7(4-6)5-9(13-8)10(11)12;2*1-2/h2-4,9-10H,5H2,1H3;2*1-2H3. The van der Waals surface area contributed by atoms with Gasteiger partial charge in [-0.25, -0.2) is 8.78 Å². The van der Waals surface area contributed by atoms with Gasteiger partial charge in [0.2, 0.25) is 0 Å². The second-order valence-corrected chi connectivity index (χ2v) is 3.31. The molecule has 0 bridgehead atoms. The Hall–Kier alpha value is -1.12. The number of benzene rings is 1. The molecule has 0 fully saturated rings. The average Bonchev–Trinajstić information content (AvgIpc) is 2.77. The van der Waals surface area contributed by atoms with E-state index in [0.29, 0.717) is 12.2 Å². The second kappa shape index (κ2) is 8.04. The minimum absolute atomic E-state index is 0.328. The average molecular weight is 244 g/mol. The lowest BCUT2D eigenvalue weighted by Crippen LogP contribution is -2.22. The van der Waals surface area contributed by atoms with E-state index in [0.717, 1.165) is 11.1 Å². The number of rotatable bonds is 1. The Morgan fingerprint density at radius 1 is 1.18 bits per heavy atom. The van der Waals surface area contributed by atoms with E-state index in [1.54, 1.807) is 6.07 Å². The summed E-state index contributed by atoms with van der Waals surface area (Å²) in [5, 5.41) is 0. The number of hydrogen-bond donors (Lipinski definition) is 0. The van der Waals surface area contributed by atoms with Crippen LogP contribution in [0.5, 0.6) is 5.75 Å². The summed E-state index contributed by atoms with van der Waals surface area (Å²) in [5.41, 5.74) is 1.97. The highest BCUT2D eigenvalue weighted by Crippen LogP contribution is 2.31. The third kappa shape index (κ3) is 4.33. The Morgan fingerprint density at radius 2 is 1.76 bits per heavy atom. The predicted octanol–water partition coefficient (Wildman–Crippen LogP) is 4.62. The molecule has 1 nitrogen and oxygen atoms in total. The summed E-state index contributed by atoms with van der Waals surface area (Å²) in [4.78, 5) is 0. The van der Waals surface area contributed by atoms with E-state index in [-0.39, 0.29) is 0 Å². The summed E-state index contributed by atoms with van der Waals surface area (Å²) >= 11 is 0. The van der Waals surface area contributed by atoms with Crippen molar-refractivity contribution in [1.82, 2.24) is 0 Å². The molecule has 17 heavy (non-hydrogen) atoms. The molecule has 2 rings (SSSR count). The van der Waals surface area contributed by atoms with Gasteiger partial charge >= 0.3 is 0 Å². The van der Waals surface area contributed by atoms with E-state index in [9.17, 15) is 8.78 Å². The molecule has 0 radical (unpaired) electrons. The quantitative estimate of drug-likeness (QED) is 0.700. The van der Waals surface area contributed by atoms with E-state index in [1.165, 1.54) is 0 Å². The lowest BCUT2D eigenvalue weighted by molar-refractivity contribution is 0.0246. The topological polar surface area (TPSA) is 9.23 Å². The fourth-order valence-corrected chi connectivity index (χ4v) is 1.54. The van der Waals surface area contributed by atoms with Crippen LogP contribution in [-0.4, -0.2) is 12.5 Å². The highest BCUT2D eigenvalue weighted by molar-refractivity contribution is 5.40. The molecule has 0 amide bonds. The zero-order valence-corrected chi connectivity index (χ0v) is 11.3. The summed E-state index contributed by atoms with van der Waals surface area (Å²) < 4.78 is 29.6. The zero-order valence-electron chi connectivity index (χ0n) is 11.3. The molecular weight excluding hydrogens is 222 g/mol. The van der Waals surface area contributed by atoms with Gasteiger partial charge in [0.05, 0.1) is 0 Å². The Bertz CT molecular complexity index is 324. The van der Waals surface area contributed by atoms with Crippen LogP contribution in [0.3, 0.4) is 0 Å². The summed E-state index contributed by atoms with van der Waals surface area (Å²) in [5.74, 6) is 0.607. The van der Waals surface area contributed by atoms with Crippen molar-refractivity contribution in [2.24, 2.45) is 0 Å². The molecule has 0 aliphatic carbocycles.